The Bertz CT molecular complexity index is 404. The average molecular weight is 222 g/mol. The number of rotatable bonds is 4. The number of anilines is 1. The first-order valence-electron chi connectivity index (χ1n) is 4.82. The molecular weight excluding hydrogens is 208 g/mol. The molecule has 0 spiro atoms. The van der Waals surface area contributed by atoms with Crippen LogP contribution in [-0.2, 0) is 9.59 Å². The van der Waals surface area contributed by atoms with Gasteiger partial charge in [0.2, 0.25) is 0 Å². The number of carbonyl (C=O) groups is 2. The van der Waals surface area contributed by atoms with Crippen molar-refractivity contribution in [1.82, 2.24) is 5.32 Å². The van der Waals surface area contributed by atoms with Gasteiger partial charge in [-0.25, -0.2) is 4.79 Å². The Morgan fingerprint density at radius 3 is 2.56 bits per heavy atom. The van der Waals surface area contributed by atoms with Gasteiger partial charge in [-0.15, -0.1) is 0 Å². The van der Waals surface area contributed by atoms with Crippen LogP contribution in [-0.4, -0.2) is 30.1 Å². The lowest BCUT2D eigenvalue weighted by atomic mass is 10.2. The van der Waals surface area contributed by atoms with E-state index >= 15 is 0 Å². The zero-order valence-electron chi connectivity index (χ0n) is 9.15. The van der Waals surface area contributed by atoms with Crippen LogP contribution >= 0.6 is 0 Å². The summed E-state index contributed by atoms with van der Waals surface area (Å²) < 4.78 is 0. The Balaban J connectivity index is 2.74. The molecule has 0 aliphatic carbocycles. The van der Waals surface area contributed by atoms with E-state index in [4.69, 9.17) is 5.11 Å². The van der Waals surface area contributed by atoms with Gasteiger partial charge in [-0.1, -0.05) is 12.1 Å². The van der Waals surface area contributed by atoms with E-state index in [0.29, 0.717) is 5.69 Å². The van der Waals surface area contributed by atoms with E-state index in [9.17, 15) is 9.59 Å². The van der Waals surface area contributed by atoms with Crippen molar-refractivity contribution < 1.29 is 14.7 Å². The molecule has 1 aromatic rings. The predicted molar refractivity (Wildman–Crippen MR) is 60.3 cm³/mol. The van der Waals surface area contributed by atoms with Crippen LogP contribution in [0.5, 0.6) is 0 Å². The zero-order valence-corrected chi connectivity index (χ0v) is 9.15. The Morgan fingerprint density at radius 1 is 1.38 bits per heavy atom. The van der Waals surface area contributed by atoms with E-state index in [-0.39, 0.29) is 0 Å². The molecule has 0 heterocycles. The standard InChI is InChI=1S/C11H14N2O3/c1-7-4-3-5-8(6-7)13-10(14)9(12-2)11(15)16/h3-6,9,12H,1-2H3,(H,13,14)(H,15,16). The van der Waals surface area contributed by atoms with Crippen LogP contribution in [0.4, 0.5) is 5.69 Å². The number of hydrogen-bond donors (Lipinski definition) is 3. The third kappa shape index (κ3) is 3.06. The highest BCUT2D eigenvalue weighted by molar-refractivity contribution is 6.07. The van der Waals surface area contributed by atoms with Gasteiger partial charge in [0.15, 0.2) is 6.04 Å². The van der Waals surface area contributed by atoms with E-state index in [1.807, 2.05) is 13.0 Å². The van der Waals surface area contributed by atoms with Gasteiger partial charge in [-0.2, -0.15) is 0 Å². The van der Waals surface area contributed by atoms with E-state index < -0.39 is 17.9 Å². The fraction of sp³-hybridized carbons (Fsp3) is 0.273. The highest BCUT2D eigenvalue weighted by Crippen LogP contribution is 2.09. The second kappa shape index (κ2) is 5.27. The number of likely N-dealkylation sites (N-methyl/N-ethyl adjacent to an activating group) is 1. The van der Waals surface area contributed by atoms with Crippen LogP contribution in [0.15, 0.2) is 24.3 Å². The summed E-state index contributed by atoms with van der Waals surface area (Å²) in [6, 6.07) is 5.93. The van der Waals surface area contributed by atoms with E-state index in [0.717, 1.165) is 5.56 Å². The fourth-order valence-electron chi connectivity index (χ4n) is 1.30. The molecule has 0 radical (unpaired) electrons. The van der Waals surface area contributed by atoms with Crippen molar-refractivity contribution in [3.63, 3.8) is 0 Å². The lowest BCUT2D eigenvalue weighted by Crippen LogP contribution is -2.44. The monoisotopic (exact) mass is 222 g/mol. The first-order chi connectivity index (χ1) is 7.54. The number of nitrogens with one attached hydrogen (secondary N) is 2. The van der Waals surface area contributed by atoms with E-state index in [1.165, 1.54) is 7.05 Å². The maximum Gasteiger partial charge on any atom is 0.330 e. The molecule has 1 aromatic carbocycles. The maximum atomic E-state index is 11.5. The van der Waals surface area contributed by atoms with Crippen LogP contribution in [0.25, 0.3) is 0 Å². The lowest BCUT2D eigenvalue weighted by molar-refractivity contribution is -0.142. The van der Waals surface area contributed by atoms with Crippen molar-refractivity contribution in [3.05, 3.63) is 29.8 Å². The lowest BCUT2D eigenvalue weighted by Gasteiger charge is -2.11. The van der Waals surface area contributed by atoms with Gasteiger partial charge in [0.1, 0.15) is 0 Å². The molecule has 1 amide bonds. The number of carboxylic acid groups (broad SMARTS) is 1. The number of hydrogen-bond acceptors (Lipinski definition) is 3. The summed E-state index contributed by atoms with van der Waals surface area (Å²) >= 11 is 0. The molecule has 0 aliphatic heterocycles. The molecule has 0 saturated carbocycles. The molecule has 0 saturated heterocycles. The highest BCUT2D eigenvalue weighted by Gasteiger charge is 2.23. The number of carbonyl (C=O) groups excluding carboxylic acids is 1. The van der Waals surface area contributed by atoms with Crippen LogP contribution in [0.2, 0.25) is 0 Å². The third-order valence-electron chi connectivity index (χ3n) is 2.08. The Labute approximate surface area is 93.5 Å². The second-order valence-corrected chi connectivity index (χ2v) is 3.42. The Kier molecular flexibility index (Phi) is 4.02. The van der Waals surface area contributed by atoms with Gasteiger partial charge in [0, 0.05) is 5.69 Å². The largest absolute Gasteiger partial charge is 0.480 e. The van der Waals surface area contributed by atoms with Gasteiger partial charge < -0.3 is 10.4 Å². The quantitative estimate of drug-likeness (QED) is 0.652. The summed E-state index contributed by atoms with van der Waals surface area (Å²) in [4.78, 5) is 22.2. The molecule has 3 N–H and O–H groups in total. The summed E-state index contributed by atoms with van der Waals surface area (Å²) in [7, 11) is 1.43. The summed E-state index contributed by atoms with van der Waals surface area (Å²) in [5.41, 5.74) is 1.58. The molecule has 1 rings (SSSR count). The SMILES string of the molecule is CNC(C(=O)O)C(=O)Nc1cccc(C)c1. The second-order valence-electron chi connectivity index (χ2n) is 3.42. The van der Waals surface area contributed by atoms with Crippen molar-refractivity contribution in [2.45, 2.75) is 13.0 Å². The zero-order chi connectivity index (χ0) is 12.1. The molecule has 5 heteroatoms. The van der Waals surface area contributed by atoms with Gasteiger partial charge in [-0.3, -0.25) is 10.1 Å². The highest BCUT2D eigenvalue weighted by atomic mass is 16.4. The average Bonchev–Trinajstić information content (AvgIpc) is 2.17. The van der Waals surface area contributed by atoms with Gasteiger partial charge in [-0.05, 0) is 31.7 Å². The minimum absolute atomic E-state index is 0.583. The summed E-state index contributed by atoms with van der Waals surface area (Å²) in [6.07, 6.45) is 0. The molecule has 0 aliphatic rings. The van der Waals surface area contributed by atoms with Crippen LogP contribution in [0.1, 0.15) is 5.56 Å². The molecule has 1 unspecified atom stereocenters. The third-order valence-corrected chi connectivity index (χ3v) is 2.08. The van der Waals surface area contributed by atoms with E-state index in [2.05, 4.69) is 10.6 Å². The van der Waals surface area contributed by atoms with Crippen molar-refractivity contribution >= 4 is 17.6 Å². The Hall–Kier alpha value is -1.88. The van der Waals surface area contributed by atoms with E-state index in [1.54, 1.807) is 18.2 Å². The topological polar surface area (TPSA) is 78.4 Å². The number of benzene rings is 1. The smallest absolute Gasteiger partial charge is 0.330 e. The molecule has 0 fully saturated rings. The predicted octanol–water partition coefficient (Wildman–Crippen LogP) is 0.606. The fourth-order valence-corrected chi connectivity index (χ4v) is 1.30. The summed E-state index contributed by atoms with van der Waals surface area (Å²) in [5, 5.41) is 13.7. The summed E-state index contributed by atoms with van der Waals surface area (Å²) in [6.45, 7) is 1.89. The molecule has 86 valence electrons. The molecule has 0 bridgehead atoms. The van der Waals surface area contributed by atoms with Crippen molar-refractivity contribution in [3.8, 4) is 0 Å². The molecule has 0 aromatic heterocycles. The van der Waals surface area contributed by atoms with Crippen molar-refractivity contribution in [1.29, 1.82) is 0 Å². The molecule has 16 heavy (non-hydrogen) atoms. The molecular formula is C11H14N2O3. The van der Waals surface area contributed by atoms with Gasteiger partial charge >= 0.3 is 5.97 Å². The Morgan fingerprint density at radius 2 is 2.06 bits per heavy atom. The minimum Gasteiger partial charge on any atom is -0.480 e. The van der Waals surface area contributed by atoms with Crippen LogP contribution < -0.4 is 10.6 Å². The number of amides is 1. The molecule has 1 atom stereocenters. The van der Waals surface area contributed by atoms with Crippen LogP contribution in [0.3, 0.4) is 0 Å². The van der Waals surface area contributed by atoms with Crippen molar-refractivity contribution in [2.24, 2.45) is 0 Å². The van der Waals surface area contributed by atoms with Crippen molar-refractivity contribution in [2.75, 3.05) is 12.4 Å². The first kappa shape index (κ1) is 12.2. The van der Waals surface area contributed by atoms with Gasteiger partial charge in [0.05, 0.1) is 0 Å². The minimum atomic E-state index is -1.24. The summed E-state index contributed by atoms with van der Waals surface area (Å²) in [5.74, 6) is -1.78. The number of carboxylic acids is 1. The number of aliphatic carboxylic acids is 1. The number of aryl methyl sites for hydroxylation is 1. The normalized spacial score (nSPS) is 11.9. The maximum absolute atomic E-state index is 11.5. The van der Waals surface area contributed by atoms with Gasteiger partial charge in [0.25, 0.3) is 5.91 Å². The van der Waals surface area contributed by atoms with Crippen LogP contribution in [0, 0.1) is 6.92 Å². The molecule has 5 nitrogen and oxygen atoms in total. The first-order valence-corrected chi connectivity index (χ1v) is 4.82.